The highest BCUT2D eigenvalue weighted by Gasteiger charge is 2.03. The maximum atomic E-state index is 6.34. The third-order valence-electron chi connectivity index (χ3n) is 4.02. The molecule has 0 aromatic heterocycles. The zero-order valence-corrected chi connectivity index (χ0v) is 15.2. The Morgan fingerprint density at radius 2 is 1.00 bits per heavy atom. The van der Waals surface area contributed by atoms with Crippen molar-refractivity contribution >= 4 is 23.2 Å². The quantitative estimate of drug-likeness (QED) is 0.201. The molecule has 122 valence electrons. The van der Waals surface area contributed by atoms with Gasteiger partial charge in [0.25, 0.3) is 0 Å². The van der Waals surface area contributed by atoms with E-state index in [4.69, 9.17) is 23.2 Å². The van der Waals surface area contributed by atoms with Crippen LogP contribution in [-0.4, -0.2) is 11.3 Å². The molecule has 1 unspecified atom stereocenters. The molecule has 2 heteroatoms. The molecule has 20 heavy (non-hydrogen) atoms. The maximum Gasteiger partial charge on any atom is 0.0336 e. The van der Waals surface area contributed by atoms with Crippen LogP contribution in [0.5, 0.6) is 0 Å². The van der Waals surface area contributed by atoms with Gasteiger partial charge in [0.15, 0.2) is 0 Å². The van der Waals surface area contributed by atoms with Gasteiger partial charge in [0, 0.05) is 11.3 Å². The van der Waals surface area contributed by atoms with Gasteiger partial charge < -0.3 is 0 Å². The van der Waals surface area contributed by atoms with E-state index in [1.807, 2.05) is 0 Å². The zero-order chi connectivity index (χ0) is 14.9. The third-order valence-corrected chi connectivity index (χ3v) is 4.73. The van der Waals surface area contributed by atoms with E-state index < -0.39 is 0 Å². The van der Waals surface area contributed by atoms with E-state index in [1.54, 1.807) is 0 Å². The van der Waals surface area contributed by atoms with Gasteiger partial charge >= 0.3 is 0 Å². The molecule has 0 fully saturated rings. The molecule has 0 amide bonds. The van der Waals surface area contributed by atoms with Crippen LogP contribution in [0.15, 0.2) is 0 Å². The number of hydrogen-bond acceptors (Lipinski definition) is 0. The van der Waals surface area contributed by atoms with E-state index in [1.165, 1.54) is 89.9 Å². The maximum absolute atomic E-state index is 6.34. The molecular formula is C18H36Cl2. The zero-order valence-electron chi connectivity index (χ0n) is 13.6. The lowest BCUT2D eigenvalue weighted by Gasteiger charge is -2.08. The van der Waals surface area contributed by atoms with E-state index in [0.29, 0.717) is 5.38 Å². The molecule has 0 saturated heterocycles. The first-order valence-corrected chi connectivity index (χ1v) is 9.98. The van der Waals surface area contributed by atoms with Crippen LogP contribution in [0, 0.1) is 0 Å². The largest absolute Gasteiger partial charge is 0.127 e. The lowest BCUT2D eigenvalue weighted by Crippen LogP contribution is -1.98. The third kappa shape index (κ3) is 16.6. The first-order chi connectivity index (χ1) is 9.81. The van der Waals surface area contributed by atoms with Gasteiger partial charge in [0.2, 0.25) is 0 Å². The van der Waals surface area contributed by atoms with E-state index in [2.05, 4.69) is 6.92 Å². The summed E-state index contributed by atoms with van der Waals surface area (Å²) >= 11 is 12.0. The normalized spacial score (nSPS) is 12.8. The molecule has 0 aliphatic heterocycles. The van der Waals surface area contributed by atoms with Crippen LogP contribution in [-0.2, 0) is 0 Å². The Kier molecular flexibility index (Phi) is 18.1. The minimum absolute atomic E-state index is 0.402. The molecule has 0 aromatic rings. The van der Waals surface area contributed by atoms with Crippen molar-refractivity contribution < 1.29 is 0 Å². The Morgan fingerprint density at radius 3 is 1.45 bits per heavy atom. The summed E-state index contributed by atoms with van der Waals surface area (Å²) in [4.78, 5) is 0. The number of hydrogen-bond donors (Lipinski definition) is 0. The Balaban J connectivity index is 3.07. The monoisotopic (exact) mass is 322 g/mol. The molecule has 0 rings (SSSR count). The SMILES string of the molecule is CCCCCCCCCCCCC(Cl)CCCCCCl. The molecule has 0 radical (unpaired) electrons. The van der Waals surface area contributed by atoms with Crippen LogP contribution in [0.3, 0.4) is 0 Å². The predicted molar refractivity (Wildman–Crippen MR) is 95.3 cm³/mol. The first-order valence-electron chi connectivity index (χ1n) is 9.01. The van der Waals surface area contributed by atoms with Gasteiger partial charge in [-0.1, -0.05) is 84.0 Å². The fraction of sp³-hybridized carbons (Fsp3) is 1.00. The predicted octanol–water partition coefficient (Wildman–Crippen LogP) is 7.70. The average molecular weight is 323 g/mol. The lowest BCUT2D eigenvalue weighted by molar-refractivity contribution is 0.534. The Bertz CT molecular complexity index is 171. The molecule has 0 nitrogen and oxygen atoms in total. The van der Waals surface area contributed by atoms with Crippen molar-refractivity contribution in [1.29, 1.82) is 0 Å². The van der Waals surface area contributed by atoms with Gasteiger partial charge in [-0.05, 0) is 19.3 Å². The van der Waals surface area contributed by atoms with Crippen LogP contribution >= 0.6 is 23.2 Å². The summed E-state index contributed by atoms with van der Waals surface area (Å²) < 4.78 is 0. The summed E-state index contributed by atoms with van der Waals surface area (Å²) in [5.74, 6) is 0.797. The second kappa shape index (κ2) is 17.6. The van der Waals surface area contributed by atoms with Crippen LogP contribution < -0.4 is 0 Å². The second-order valence-corrected chi connectivity index (χ2v) is 7.10. The van der Waals surface area contributed by atoms with Crippen LogP contribution in [0.4, 0.5) is 0 Å². The summed E-state index contributed by atoms with van der Waals surface area (Å²) in [5, 5.41) is 0.402. The molecule has 0 aromatic carbocycles. The Labute approximate surface area is 138 Å². The van der Waals surface area contributed by atoms with Crippen LogP contribution in [0.2, 0.25) is 0 Å². The van der Waals surface area contributed by atoms with Crippen molar-refractivity contribution in [3.05, 3.63) is 0 Å². The highest BCUT2D eigenvalue weighted by Crippen LogP contribution is 2.17. The Hall–Kier alpha value is 0.580. The summed E-state index contributed by atoms with van der Waals surface area (Å²) in [5.41, 5.74) is 0. The fourth-order valence-electron chi connectivity index (χ4n) is 2.63. The van der Waals surface area contributed by atoms with Gasteiger partial charge in [0.1, 0.15) is 0 Å². The summed E-state index contributed by atoms with van der Waals surface area (Å²) in [6.07, 6.45) is 20.1. The van der Waals surface area contributed by atoms with Gasteiger partial charge in [-0.25, -0.2) is 0 Å². The molecule has 0 N–H and O–H groups in total. The van der Waals surface area contributed by atoms with Crippen molar-refractivity contribution in [1.82, 2.24) is 0 Å². The minimum Gasteiger partial charge on any atom is -0.127 e. The van der Waals surface area contributed by atoms with Gasteiger partial charge in [0.05, 0.1) is 0 Å². The fourth-order valence-corrected chi connectivity index (χ4v) is 3.13. The summed E-state index contributed by atoms with van der Waals surface area (Å²) in [7, 11) is 0. The highest BCUT2D eigenvalue weighted by molar-refractivity contribution is 6.20. The number of alkyl halides is 2. The van der Waals surface area contributed by atoms with Crippen LogP contribution in [0.25, 0.3) is 0 Å². The van der Waals surface area contributed by atoms with E-state index in [0.717, 1.165) is 12.3 Å². The topological polar surface area (TPSA) is 0 Å². The van der Waals surface area contributed by atoms with Crippen molar-refractivity contribution in [2.75, 3.05) is 5.88 Å². The van der Waals surface area contributed by atoms with Gasteiger partial charge in [-0.15, -0.1) is 23.2 Å². The smallest absolute Gasteiger partial charge is 0.0336 e. The summed E-state index contributed by atoms with van der Waals surface area (Å²) in [6, 6.07) is 0. The standard InChI is InChI=1S/C18H36Cl2/c1-2-3-4-5-6-7-8-9-10-12-15-18(20)16-13-11-14-17-19/h18H,2-17H2,1H3. The van der Waals surface area contributed by atoms with Crippen molar-refractivity contribution in [3.63, 3.8) is 0 Å². The van der Waals surface area contributed by atoms with Crippen molar-refractivity contribution in [3.8, 4) is 0 Å². The average Bonchev–Trinajstić information content (AvgIpc) is 2.45. The molecule has 0 aliphatic carbocycles. The number of halogens is 2. The summed E-state index contributed by atoms with van der Waals surface area (Å²) in [6.45, 7) is 2.28. The van der Waals surface area contributed by atoms with Crippen molar-refractivity contribution in [2.45, 2.75) is 109 Å². The van der Waals surface area contributed by atoms with Crippen molar-refractivity contribution in [2.24, 2.45) is 0 Å². The number of unbranched alkanes of at least 4 members (excludes halogenated alkanes) is 11. The molecular weight excluding hydrogens is 287 g/mol. The first kappa shape index (κ1) is 20.6. The molecule has 1 atom stereocenters. The Morgan fingerprint density at radius 1 is 0.600 bits per heavy atom. The lowest BCUT2D eigenvalue weighted by atomic mass is 10.0. The minimum atomic E-state index is 0.402. The molecule has 0 saturated carbocycles. The van der Waals surface area contributed by atoms with Crippen LogP contribution in [0.1, 0.15) is 103 Å². The van der Waals surface area contributed by atoms with E-state index >= 15 is 0 Å². The van der Waals surface area contributed by atoms with E-state index in [-0.39, 0.29) is 0 Å². The molecule has 0 aliphatic rings. The molecule has 0 bridgehead atoms. The van der Waals surface area contributed by atoms with Gasteiger partial charge in [-0.3, -0.25) is 0 Å². The highest BCUT2D eigenvalue weighted by atomic mass is 35.5. The molecule has 0 heterocycles. The van der Waals surface area contributed by atoms with E-state index in [9.17, 15) is 0 Å². The number of rotatable bonds is 16. The second-order valence-electron chi connectivity index (χ2n) is 6.11. The van der Waals surface area contributed by atoms with Gasteiger partial charge in [-0.2, -0.15) is 0 Å². The molecule has 0 spiro atoms.